The first-order valence-electron chi connectivity index (χ1n) is 15.5. The third kappa shape index (κ3) is 2.79. The van der Waals surface area contributed by atoms with Crippen LogP contribution in [0.3, 0.4) is 0 Å². The van der Waals surface area contributed by atoms with Gasteiger partial charge < -0.3 is 0 Å². The van der Waals surface area contributed by atoms with Gasteiger partial charge in [0.1, 0.15) is 0 Å². The molecular weight excluding hydrogens is 504 g/mol. The molecule has 42 heavy (non-hydrogen) atoms. The molecule has 0 aliphatic heterocycles. The molecule has 0 amide bonds. The zero-order chi connectivity index (χ0) is 28.9. The van der Waals surface area contributed by atoms with E-state index in [1.807, 2.05) is 0 Å². The Labute approximate surface area is 248 Å². The lowest BCUT2D eigenvalue weighted by molar-refractivity contribution is 0.596. The maximum absolute atomic E-state index is 2.57. The van der Waals surface area contributed by atoms with Crippen LogP contribution in [-0.4, -0.2) is 0 Å². The van der Waals surface area contributed by atoms with Gasteiger partial charge in [-0.1, -0.05) is 121 Å². The Morgan fingerprint density at radius 1 is 0.452 bits per heavy atom. The summed E-state index contributed by atoms with van der Waals surface area (Å²) in [4.78, 5) is 0. The van der Waals surface area contributed by atoms with Crippen LogP contribution in [0.25, 0.3) is 65.3 Å². The molecule has 0 fully saturated rings. The summed E-state index contributed by atoms with van der Waals surface area (Å²) in [5.74, 6) is 0. The first kappa shape index (κ1) is 24.4. The number of benzene rings is 7. The third-order valence-electron chi connectivity index (χ3n) is 10.9. The van der Waals surface area contributed by atoms with Crippen LogP contribution in [0.15, 0.2) is 91.0 Å². The Morgan fingerprint density at radius 3 is 1.76 bits per heavy atom. The van der Waals surface area contributed by atoms with Crippen LogP contribution in [0.4, 0.5) is 0 Å². The van der Waals surface area contributed by atoms with Crippen molar-refractivity contribution in [3.63, 3.8) is 0 Å². The minimum absolute atomic E-state index is 0.0536. The van der Waals surface area contributed by atoms with Crippen LogP contribution in [0, 0.1) is 0 Å². The molecule has 0 bridgehead atoms. The van der Waals surface area contributed by atoms with Crippen LogP contribution in [0.2, 0.25) is 0 Å². The molecule has 0 heterocycles. The summed E-state index contributed by atoms with van der Waals surface area (Å²) in [6.45, 7) is 16.7. The summed E-state index contributed by atoms with van der Waals surface area (Å²) in [6, 6.07) is 35.5. The van der Waals surface area contributed by atoms with Gasteiger partial charge in [0, 0.05) is 10.8 Å². The van der Waals surface area contributed by atoms with Crippen LogP contribution in [0.1, 0.15) is 76.3 Å². The fourth-order valence-corrected chi connectivity index (χ4v) is 8.73. The van der Waals surface area contributed by atoms with Gasteiger partial charge in [-0.25, -0.2) is 0 Å². The molecule has 9 rings (SSSR count). The second-order valence-corrected chi connectivity index (χ2v) is 15.0. The molecule has 0 aromatic heterocycles. The third-order valence-corrected chi connectivity index (χ3v) is 10.9. The summed E-state index contributed by atoms with van der Waals surface area (Å²) in [5, 5.41) is 11.0. The van der Waals surface area contributed by atoms with E-state index in [-0.39, 0.29) is 16.2 Å². The monoisotopic (exact) mass is 540 g/mol. The van der Waals surface area contributed by atoms with E-state index in [0.717, 1.165) is 0 Å². The molecular formula is C42H36. The van der Waals surface area contributed by atoms with Crippen LogP contribution >= 0.6 is 0 Å². The van der Waals surface area contributed by atoms with E-state index in [4.69, 9.17) is 0 Å². The fraction of sp³-hybridized carbons (Fsp3) is 0.238. The molecule has 0 saturated carbocycles. The summed E-state index contributed by atoms with van der Waals surface area (Å²) in [5.41, 5.74) is 12.9. The van der Waals surface area contributed by atoms with Crippen molar-refractivity contribution >= 4 is 43.1 Å². The van der Waals surface area contributed by atoms with E-state index >= 15 is 0 Å². The average molecular weight is 541 g/mol. The van der Waals surface area contributed by atoms with E-state index in [1.54, 1.807) is 0 Å². The highest BCUT2D eigenvalue weighted by molar-refractivity contribution is 6.27. The SMILES string of the molecule is CC(C)(C)c1ccc2ccc3cc4c(c5ccc1c2c35)-c1cc2c(cc1C4(C)C)-c1c(ccc3ccccc13)C2(C)C. The Hall–Kier alpha value is -4.16. The maximum Gasteiger partial charge on any atom is 0.0159 e. The first-order chi connectivity index (χ1) is 20.0. The van der Waals surface area contributed by atoms with Crippen molar-refractivity contribution in [1.82, 2.24) is 0 Å². The molecule has 0 atom stereocenters. The normalized spacial score (nSPS) is 16.4. The molecule has 0 saturated heterocycles. The number of hydrogen-bond donors (Lipinski definition) is 0. The van der Waals surface area contributed by atoms with Gasteiger partial charge >= 0.3 is 0 Å². The first-order valence-corrected chi connectivity index (χ1v) is 15.5. The highest BCUT2D eigenvalue weighted by Crippen LogP contribution is 2.59. The fourth-order valence-electron chi connectivity index (χ4n) is 8.73. The van der Waals surface area contributed by atoms with Gasteiger partial charge in [0.05, 0.1) is 0 Å². The zero-order valence-electron chi connectivity index (χ0n) is 25.7. The Kier molecular flexibility index (Phi) is 4.32. The molecule has 2 aliphatic rings. The summed E-state index contributed by atoms with van der Waals surface area (Å²) in [7, 11) is 0. The van der Waals surface area contributed by atoms with Gasteiger partial charge in [-0.05, 0) is 117 Å². The second-order valence-electron chi connectivity index (χ2n) is 15.0. The molecule has 0 heteroatoms. The van der Waals surface area contributed by atoms with Gasteiger partial charge in [-0.3, -0.25) is 0 Å². The predicted molar refractivity (Wildman–Crippen MR) is 181 cm³/mol. The van der Waals surface area contributed by atoms with Crippen LogP contribution in [0.5, 0.6) is 0 Å². The lowest BCUT2D eigenvalue weighted by Crippen LogP contribution is -2.17. The quantitative estimate of drug-likeness (QED) is 0.168. The molecule has 204 valence electrons. The average Bonchev–Trinajstić information content (AvgIpc) is 3.33. The van der Waals surface area contributed by atoms with Crippen molar-refractivity contribution < 1.29 is 0 Å². The van der Waals surface area contributed by atoms with E-state index in [9.17, 15) is 0 Å². The molecule has 0 spiro atoms. The minimum atomic E-state index is -0.0851. The van der Waals surface area contributed by atoms with E-state index in [1.165, 1.54) is 93.2 Å². The molecule has 0 nitrogen and oxygen atoms in total. The largest absolute Gasteiger partial charge is 0.0616 e. The standard InChI is InChI=1S/C42H36/c1-40(2,3)31-18-15-24-12-13-25-20-35-39(28-17-16-27(31)36(24)37(25)28)30-22-33-29(21-34(30)42(35,6)7)38-26-11-9-8-10-23(26)14-19-32(38)41(33,4)5/h8-22H,1-7H3. The summed E-state index contributed by atoms with van der Waals surface area (Å²) < 4.78 is 0. The van der Waals surface area contributed by atoms with Crippen molar-refractivity contribution in [3.8, 4) is 22.3 Å². The van der Waals surface area contributed by atoms with E-state index < -0.39 is 0 Å². The highest BCUT2D eigenvalue weighted by Gasteiger charge is 2.43. The van der Waals surface area contributed by atoms with Gasteiger partial charge in [0.2, 0.25) is 0 Å². The van der Waals surface area contributed by atoms with Crippen molar-refractivity contribution in [1.29, 1.82) is 0 Å². The number of fused-ring (bicyclic) bond motifs is 9. The van der Waals surface area contributed by atoms with E-state index in [2.05, 4.69) is 139 Å². The van der Waals surface area contributed by atoms with Crippen LogP contribution < -0.4 is 0 Å². The number of hydrogen-bond acceptors (Lipinski definition) is 0. The topological polar surface area (TPSA) is 0 Å². The van der Waals surface area contributed by atoms with Gasteiger partial charge in [-0.15, -0.1) is 0 Å². The molecule has 0 unspecified atom stereocenters. The van der Waals surface area contributed by atoms with Gasteiger partial charge in [0.25, 0.3) is 0 Å². The van der Waals surface area contributed by atoms with Crippen molar-refractivity contribution in [2.24, 2.45) is 0 Å². The van der Waals surface area contributed by atoms with Gasteiger partial charge in [0.15, 0.2) is 0 Å². The Balaban J connectivity index is 1.40. The molecule has 0 radical (unpaired) electrons. The zero-order valence-corrected chi connectivity index (χ0v) is 25.7. The smallest absolute Gasteiger partial charge is 0.0159 e. The van der Waals surface area contributed by atoms with Crippen molar-refractivity contribution in [2.75, 3.05) is 0 Å². The van der Waals surface area contributed by atoms with Crippen LogP contribution in [-0.2, 0) is 16.2 Å². The maximum atomic E-state index is 2.57. The molecule has 0 N–H and O–H groups in total. The summed E-state index contributed by atoms with van der Waals surface area (Å²) >= 11 is 0. The predicted octanol–water partition coefficient (Wildman–Crippen LogP) is 11.6. The highest BCUT2D eigenvalue weighted by atomic mass is 14.5. The van der Waals surface area contributed by atoms with E-state index in [0.29, 0.717) is 0 Å². The minimum Gasteiger partial charge on any atom is -0.0616 e. The Bertz CT molecular complexity index is 2320. The molecule has 2 aliphatic carbocycles. The lowest BCUT2D eigenvalue weighted by atomic mass is 9.78. The van der Waals surface area contributed by atoms with Crippen molar-refractivity contribution in [3.05, 3.63) is 119 Å². The molecule has 7 aromatic carbocycles. The molecule has 7 aromatic rings. The lowest BCUT2D eigenvalue weighted by Gasteiger charge is -2.25. The Morgan fingerprint density at radius 2 is 1.02 bits per heavy atom. The van der Waals surface area contributed by atoms with Gasteiger partial charge in [-0.2, -0.15) is 0 Å². The second kappa shape index (κ2) is 7.42. The number of rotatable bonds is 0. The van der Waals surface area contributed by atoms with Crippen molar-refractivity contribution in [2.45, 2.75) is 64.7 Å². The summed E-state index contributed by atoms with van der Waals surface area (Å²) in [6.07, 6.45) is 0.